The zero-order valence-corrected chi connectivity index (χ0v) is 16.1. The predicted molar refractivity (Wildman–Crippen MR) is 107 cm³/mol. The largest absolute Gasteiger partial charge is 0.244 e. The molecule has 1 fully saturated rings. The van der Waals surface area contributed by atoms with E-state index in [1.165, 1.54) is 62.5 Å². The van der Waals surface area contributed by atoms with E-state index in [1.807, 2.05) is 12.3 Å². The number of hydrogen-bond acceptors (Lipinski definition) is 1. The van der Waals surface area contributed by atoms with Gasteiger partial charge in [0, 0.05) is 6.20 Å². The first kappa shape index (κ1) is 18.5. The molecule has 0 saturated heterocycles. The van der Waals surface area contributed by atoms with Gasteiger partial charge in [0.25, 0.3) is 0 Å². The van der Waals surface area contributed by atoms with E-state index >= 15 is 0 Å². The molecule has 1 saturated carbocycles. The Balaban J connectivity index is 1.44. The molecule has 134 valence electrons. The molecule has 1 heterocycles. The highest BCUT2D eigenvalue weighted by atomic mass is 35.5. The molecule has 0 aliphatic heterocycles. The average molecular weight is 356 g/mol. The van der Waals surface area contributed by atoms with Crippen molar-refractivity contribution in [2.75, 3.05) is 0 Å². The summed E-state index contributed by atoms with van der Waals surface area (Å²) in [5.74, 6) is 1.64. The van der Waals surface area contributed by atoms with E-state index in [2.05, 4.69) is 42.2 Å². The van der Waals surface area contributed by atoms with Gasteiger partial charge in [0.05, 0.1) is 0 Å². The van der Waals surface area contributed by atoms with Crippen molar-refractivity contribution in [3.63, 3.8) is 0 Å². The van der Waals surface area contributed by atoms with Crippen molar-refractivity contribution < 1.29 is 0 Å². The second kappa shape index (κ2) is 9.38. The first-order chi connectivity index (χ1) is 12.2. The number of rotatable bonds is 7. The van der Waals surface area contributed by atoms with E-state index in [-0.39, 0.29) is 0 Å². The molecule has 1 aliphatic rings. The van der Waals surface area contributed by atoms with Crippen LogP contribution in [0.4, 0.5) is 0 Å². The van der Waals surface area contributed by atoms with Gasteiger partial charge in [-0.3, -0.25) is 0 Å². The maximum absolute atomic E-state index is 5.86. The van der Waals surface area contributed by atoms with E-state index in [4.69, 9.17) is 11.6 Å². The Morgan fingerprint density at radius 3 is 2.28 bits per heavy atom. The number of hydrogen-bond donors (Lipinski definition) is 0. The van der Waals surface area contributed by atoms with Crippen molar-refractivity contribution in [3.8, 4) is 0 Å². The van der Waals surface area contributed by atoms with Crippen LogP contribution in [0.15, 0.2) is 42.6 Å². The van der Waals surface area contributed by atoms with Crippen molar-refractivity contribution in [2.45, 2.75) is 70.6 Å². The van der Waals surface area contributed by atoms with Crippen LogP contribution in [0.25, 0.3) is 0 Å². The Kier molecular flexibility index (Phi) is 6.93. The van der Waals surface area contributed by atoms with Gasteiger partial charge in [-0.15, -0.1) is 0 Å². The van der Waals surface area contributed by atoms with E-state index < -0.39 is 0 Å². The Hall–Kier alpha value is -1.34. The molecular formula is C23H30ClN. The number of benzene rings is 1. The Bertz CT molecular complexity index is 624. The van der Waals surface area contributed by atoms with Crippen LogP contribution in [-0.4, -0.2) is 4.98 Å². The normalized spacial score (nSPS) is 20.6. The molecule has 25 heavy (non-hydrogen) atoms. The molecule has 0 unspecified atom stereocenters. The minimum Gasteiger partial charge on any atom is -0.244 e. The van der Waals surface area contributed by atoms with Crippen LogP contribution in [0.5, 0.6) is 0 Å². The highest BCUT2D eigenvalue weighted by Gasteiger charge is 2.22. The third kappa shape index (κ3) is 5.57. The Morgan fingerprint density at radius 1 is 0.920 bits per heavy atom. The first-order valence-electron chi connectivity index (χ1n) is 9.94. The topological polar surface area (TPSA) is 12.9 Å². The smallest absolute Gasteiger partial charge is 0.129 e. The van der Waals surface area contributed by atoms with Gasteiger partial charge in [0.1, 0.15) is 5.15 Å². The summed E-state index contributed by atoms with van der Waals surface area (Å²) in [5, 5.41) is 0.588. The maximum atomic E-state index is 5.86. The monoisotopic (exact) mass is 355 g/mol. The number of aryl methyl sites for hydroxylation is 2. The molecule has 1 aliphatic carbocycles. The van der Waals surface area contributed by atoms with Crippen molar-refractivity contribution in [1.82, 2.24) is 4.98 Å². The fraction of sp³-hybridized carbons (Fsp3) is 0.522. The molecule has 1 aromatic carbocycles. The number of halogens is 1. The minimum absolute atomic E-state index is 0.588. The highest BCUT2D eigenvalue weighted by Crippen LogP contribution is 2.37. The first-order valence-corrected chi connectivity index (χ1v) is 10.3. The van der Waals surface area contributed by atoms with Crippen LogP contribution in [0.1, 0.15) is 74.5 Å². The molecule has 2 aromatic rings. The summed E-state index contributed by atoms with van der Waals surface area (Å²) < 4.78 is 0. The molecule has 1 aromatic heterocycles. The molecular weight excluding hydrogens is 326 g/mol. The maximum Gasteiger partial charge on any atom is 0.129 e. The van der Waals surface area contributed by atoms with Crippen LogP contribution in [0.3, 0.4) is 0 Å². The lowest BCUT2D eigenvalue weighted by atomic mass is 9.77. The van der Waals surface area contributed by atoms with Gasteiger partial charge in [-0.1, -0.05) is 55.3 Å². The summed E-state index contributed by atoms with van der Waals surface area (Å²) in [6, 6.07) is 13.5. The lowest BCUT2D eigenvalue weighted by Crippen LogP contribution is -2.14. The van der Waals surface area contributed by atoms with Gasteiger partial charge >= 0.3 is 0 Å². The van der Waals surface area contributed by atoms with Crippen LogP contribution in [-0.2, 0) is 12.8 Å². The van der Waals surface area contributed by atoms with E-state index in [0.717, 1.165) is 18.3 Å². The molecule has 0 amide bonds. The third-order valence-electron chi connectivity index (χ3n) is 5.75. The van der Waals surface area contributed by atoms with Crippen LogP contribution in [0, 0.1) is 5.92 Å². The van der Waals surface area contributed by atoms with Crippen molar-refractivity contribution >= 4 is 11.6 Å². The minimum atomic E-state index is 0.588. The summed E-state index contributed by atoms with van der Waals surface area (Å²) in [6.07, 6.45) is 13.6. The number of unbranched alkanes of at least 4 members (excludes halogenated alkanes) is 1. The molecule has 2 heteroatoms. The molecule has 0 bridgehead atoms. The van der Waals surface area contributed by atoms with Crippen LogP contribution in [0.2, 0.25) is 5.15 Å². The summed E-state index contributed by atoms with van der Waals surface area (Å²) >= 11 is 5.86. The van der Waals surface area contributed by atoms with E-state index in [9.17, 15) is 0 Å². The standard InChI is InChI=1S/C23H30ClN/c1-2-3-4-18-7-12-21(13-8-18)22-14-9-19(10-15-22)5-6-20-11-16-23(24)25-17-20/h7-8,11-13,16-17,19,22H,2-6,9-10,14-15H2,1H3/t19-,22-. The van der Waals surface area contributed by atoms with Gasteiger partial charge in [0.2, 0.25) is 0 Å². The molecule has 0 atom stereocenters. The summed E-state index contributed by atoms with van der Waals surface area (Å²) in [4.78, 5) is 4.19. The summed E-state index contributed by atoms with van der Waals surface area (Å²) in [6.45, 7) is 2.26. The second-order valence-electron chi connectivity index (χ2n) is 7.59. The number of pyridine rings is 1. The van der Waals surface area contributed by atoms with Crippen LogP contribution < -0.4 is 0 Å². The molecule has 0 spiro atoms. The van der Waals surface area contributed by atoms with Gasteiger partial charge in [0.15, 0.2) is 0 Å². The lowest BCUT2D eigenvalue weighted by Gasteiger charge is -2.29. The van der Waals surface area contributed by atoms with Gasteiger partial charge < -0.3 is 0 Å². The zero-order chi connectivity index (χ0) is 17.5. The number of aromatic nitrogens is 1. The Morgan fingerprint density at radius 2 is 1.64 bits per heavy atom. The molecule has 3 rings (SSSR count). The molecule has 0 N–H and O–H groups in total. The zero-order valence-electron chi connectivity index (χ0n) is 15.4. The van der Waals surface area contributed by atoms with Crippen LogP contribution >= 0.6 is 11.6 Å². The van der Waals surface area contributed by atoms with Gasteiger partial charge in [-0.2, -0.15) is 0 Å². The van der Waals surface area contributed by atoms with E-state index in [1.54, 1.807) is 5.56 Å². The van der Waals surface area contributed by atoms with Crippen molar-refractivity contribution in [3.05, 3.63) is 64.4 Å². The average Bonchev–Trinajstić information content (AvgIpc) is 2.67. The van der Waals surface area contributed by atoms with E-state index in [0.29, 0.717) is 5.15 Å². The quantitative estimate of drug-likeness (QED) is 0.488. The number of nitrogens with zero attached hydrogens (tertiary/aromatic N) is 1. The lowest BCUT2D eigenvalue weighted by molar-refractivity contribution is 0.310. The Labute approximate surface area is 157 Å². The molecule has 0 radical (unpaired) electrons. The van der Waals surface area contributed by atoms with Crippen molar-refractivity contribution in [2.24, 2.45) is 5.92 Å². The summed E-state index contributed by atoms with van der Waals surface area (Å²) in [5.41, 5.74) is 4.37. The summed E-state index contributed by atoms with van der Waals surface area (Å²) in [7, 11) is 0. The predicted octanol–water partition coefficient (Wildman–Crippen LogP) is 6.98. The fourth-order valence-electron chi connectivity index (χ4n) is 4.05. The second-order valence-corrected chi connectivity index (χ2v) is 7.98. The SMILES string of the molecule is CCCCc1ccc([C@H]2CC[C@H](CCc3ccc(Cl)nc3)CC2)cc1. The fourth-order valence-corrected chi connectivity index (χ4v) is 4.16. The van der Waals surface area contributed by atoms with Crippen molar-refractivity contribution in [1.29, 1.82) is 0 Å². The highest BCUT2D eigenvalue weighted by molar-refractivity contribution is 6.29. The van der Waals surface area contributed by atoms with Gasteiger partial charge in [-0.05, 0) is 86.0 Å². The molecule has 1 nitrogen and oxygen atoms in total. The third-order valence-corrected chi connectivity index (χ3v) is 5.97. The van der Waals surface area contributed by atoms with Gasteiger partial charge in [-0.25, -0.2) is 4.98 Å².